The summed E-state index contributed by atoms with van der Waals surface area (Å²) >= 11 is 0. The average Bonchev–Trinajstić information content (AvgIpc) is 3.13. The maximum Gasteiger partial charge on any atom is 0.277 e. The van der Waals surface area contributed by atoms with Gasteiger partial charge >= 0.3 is 0 Å². The minimum Gasteiger partial charge on any atom is -0.493 e. The summed E-state index contributed by atoms with van der Waals surface area (Å²) in [7, 11) is -3.95. The first-order chi connectivity index (χ1) is 16.3. The number of aromatic nitrogens is 4. The third kappa shape index (κ3) is 5.06. The van der Waals surface area contributed by atoms with Crippen molar-refractivity contribution < 1.29 is 18.3 Å². The number of imidazole rings is 1. The summed E-state index contributed by atoms with van der Waals surface area (Å²) in [5.41, 5.74) is 0.893. The molecule has 2 N–H and O–H groups in total. The normalized spacial score (nSPS) is 11.9. The molecule has 10 nitrogen and oxygen atoms in total. The first-order valence-corrected chi connectivity index (χ1v) is 12.7. The van der Waals surface area contributed by atoms with Gasteiger partial charge in [-0.25, -0.2) is 17.9 Å². The van der Waals surface area contributed by atoms with E-state index in [2.05, 4.69) is 21.6 Å². The Balaban J connectivity index is 2.23. The predicted octanol–water partition coefficient (Wildman–Crippen LogP) is 2.30. The number of aliphatic hydroxyl groups excluding tert-OH is 1. The zero-order valence-electron chi connectivity index (χ0n) is 19.7. The fourth-order valence-corrected chi connectivity index (χ4v) is 5.08. The standard InChI is InChI=1S/C23H31N5O5S/c1-5-8-20-24-16(4)21-23(30)25-22(26-28(20)21)18-15-17(9-10-19(18)33-14-7-3)34(31,32)27(11-6-2)12-13-29/h6,9-10,15,29H,2,5,7-8,11-14H2,1,3-4H3,(H,25,26,30). The maximum absolute atomic E-state index is 13.3. The Hall–Kier alpha value is -3.02. The molecule has 0 fully saturated rings. The molecule has 2 heterocycles. The van der Waals surface area contributed by atoms with Gasteiger partial charge in [-0.2, -0.15) is 4.31 Å². The van der Waals surface area contributed by atoms with Crippen molar-refractivity contribution in [2.75, 3.05) is 26.3 Å². The molecule has 3 rings (SSSR count). The van der Waals surface area contributed by atoms with Gasteiger partial charge in [-0.15, -0.1) is 11.7 Å². The number of H-pyrrole nitrogens is 1. The summed E-state index contributed by atoms with van der Waals surface area (Å²) in [6.07, 6.45) is 3.66. The van der Waals surface area contributed by atoms with E-state index in [9.17, 15) is 18.3 Å². The molecule has 3 aromatic rings. The van der Waals surface area contributed by atoms with Crippen LogP contribution in [0.25, 0.3) is 16.9 Å². The van der Waals surface area contributed by atoms with Gasteiger partial charge in [0.1, 0.15) is 11.6 Å². The topological polar surface area (TPSA) is 130 Å². The smallest absolute Gasteiger partial charge is 0.277 e. The highest BCUT2D eigenvalue weighted by Gasteiger charge is 2.25. The number of sulfonamides is 1. The molecule has 0 saturated carbocycles. The van der Waals surface area contributed by atoms with E-state index in [-0.39, 0.29) is 36.0 Å². The Labute approximate surface area is 199 Å². The fraction of sp³-hybridized carbons (Fsp3) is 0.435. The molecule has 0 saturated heterocycles. The lowest BCUT2D eigenvalue weighted by Gasteiger charge is -2.20. The Morgan fingerprint density at radius 2 is 2.06 bits per heavy atom. The molecule has 0 spiro atoms. The molecule has 0 atom stereocenters. The predicted molar refractivity (Wildman–Crippen MR) is 130 cm³/mol. The van der Waals surface area contributed by atoms with Crippen LogP contribution in [0.2, 0.25) is 0 Å². The first-order valence-electron chi connectivity index (χ1n) is 11.3. The van der Waals surface area contributed by atoms with Crippen LogP contribution in [0.5, 0.6) is 5.75 Å². The second kappa shape index (κ2) is 10.9. The summed E-state index contributed by atoms with van der Waals surface area (Å²) in [6.45, 7) is 9.37. The number of hydrogen-bond acceptors (Lipinski definition) is 7. The highest BCUT2D eigenvalue weighted by atomic mass is 32.2. The van der Waals surface area contributed by atoms with Gasteiger partial charge in [0, 0.05) is 19.5 Å². The van der Waals surface area contributed by atoms with Crippen molar-refractivity contribution in [3.05, 3.63) is 52.7 Å². The second-order valence-corrected chi connectivity index (χ2v) is 9.75. The van der Waals surface area contributed by atoms with E-state index < -0.39 is 10.0 Å². The lowest BCUT2D eigenvalue weighted by molar-refractivity contribution is 0.260. The van der Waals surface area contributed by atoms with Crippen molar-refractivity contribution in [2.24, 2.45) is 0 Å². The summed E-state index contributed by atoms with van der Waals surface area (Å²) in [5.74, 6) is 1.23. The number of nitrogens with zero attached hydrogens (tertiary/aromatic N) is 4. The number of aliphatic hydroxyl groups is 1. The molecule has 34 heavy (non-hydrogen) atoms. The van der Waals surface area contributed by atoms with Crippen LogP contribution in [0.4, 0.5) is 0 Å². The monoisotopic (exact) mass is 489 g/mol. The average molecular weight is 490 g/mol. The number of rotatable bonds is 12. The highest BCUT2D eigenvalue weighted by Crippen LogP contribution is 2.31. The Morgan fingerprint density at radius 3 is 2.71 bits per heavy atom. The fourth-order valence-electron chi connectivity index (χ4n) is 3.65. The van der Waals surface area contributed by atoms with E-state index in [0.29, 0.717) is 41.4 Å². The second-order valence-electron chi connectivity index (χ2n) is 7.81. The van der Waals surface area contributed by atoms with Crippen molar-refractivity contribution in [2.45, 2.75) is 44.9 Å². The molecule has 0 aliphatic rings. The van der Waals surface area contributed by atoms with Gasteiger partial charge in [-0.1, -0.05) is 19.9 Å². The van der Waals surface area contributed by atoms with Gasteiger partial charge in [0.2, 0.25) is 10.0 Å². The highest BCUT2D eigenvalue weighted by molar-refractivity contribution is 7.89. The van der Waals surface area contributed by atoms with Crippen molar-refractivity contribution >= 4 is 15.5 Å². The molecule has 2 aromatic heterocycles. The largest absolute Gasteiger partial charge is 0.493 e. The minimum atomic E-state index is -3.95. The molecular weight excluding hydrogens is 458 g/mol. The SMILES string of the molecule is C=CCN(CCO)S(=O)(=O)c1ccc(OCCC)c(-c2nn3c(CCC)nc(C)c3c(=O)[nH]2)c1. The molecule has 0 aliphatic heterocycles. The van der Waals surface area contributed by atoms with Crippen LogP contribution in [0.3, 0.4) is 0 Å². The van der Waals surface area contributed by atoms with Crippen LogP contribution < -0.4 is 10.3 Å². The minimum absolute atomic E-state index is 0.0139. The first kappa shape index (κ1) is 25.6. The summed E-state index contributed by atoms with van der Waals surface area (Å²) in [5, 5.41) is 13.9. The quantitative estimate of drug-likeness (QED) is 0.373. The molecule has 0 aliphatic carbocycles. The zero-order valence-corrected chi connectivity index (χ0v) is 20.6. The van der Waals surface area contributed by atoms with Crippen LogP contribution in [0.15, 0.2) is 40.5 Å². The van der Waals surface area contributed by atoms with Crippen LogP contribution in [-0.4, -0.2) is 63.7 Å². The number of aromatic amines is 1. The Morgan fingerprint density at radius 1 is 1.29 bits per heavy atom. The summed E-state index contributed by atoms with van der Waals surface area (Å²) < 4.78 is 35.0. The van der Waals surface area contributed by atoms with Gasteiger partial charge in [0.25, 0.3) is 5.56 Å². The number of benzene rings is 1. The third-order valence-electron chi connectivity index (χ3n) is 5.20. The Kier molecular flexibility index (Phi) is 8.24. The number of fused-ring (bicyclic) bond motifs is 1. The summed E-state index contributed by atoms with van der Waals surface area (Å²) in [6, 6.07) is 4.43. The van der Waals surface area contributed by atoms with E-state index in [0.717, 1.165) is 17.1 Å². The number of hydrogen-bond donors (Lipinski definition) is 2. The van der Waals surface area contributed by atoms with Crippen LogP contribution in [-0.2, 0) is 16.4 Å². The summed E-state index contributed by atoms with van der Waals surface area (Å²) in [4.78, 5) is 20.2. The van der Waals surface area contributed by atoms with Gasteiger partial charge in [0.15, 0.2) is 11.3 Å². The molecular formula is C23H31N5O5S. The van der Waals surface area contributed by atoms with E-state index in [4.69, 9.17) is 4.74 Å². The molecule has 0 amide bonds. The zero-order chi connectivity index (χ0) is 24.9. The van der Waals surface area contributed by atoms with Crippen molar-refractivity contribution in [1.29, 1.82) is 0 Å². The van der Waals surface area contributed by atoms with E-state index in [1.807, 2.05) is 13.8 Å². The van der Waals surface area contributed by atoms with Gasteiger partial charge in [-0.05, 0) is 38.0 Å². The van der Waals surface area contributed by atoms with Crippen LogP contribution in [0, 0.1) is 6.92 Å². The van der Waals surface area contributed by atoms with Crippen molar-refractivity contribution in [1.82, 2.24) is 23.9 Å². The lowest BCUT2D eigenvalue weighted by Crippen LogP contribution is -2.33. The molecule has 0 bridgehead atoms. The van der Waals surface area contributed by atoms with Crippen molar-refractivity contribution in [3.63, 3.8) is 0 Å². The number of nitrogens with one attached hydrogen (secondary N) is 1. The van der Waals surface area contributed by atoms with Gasteiger partial charge in [-0.3, -0.25) is 4.79 Å². The Bertz CT molecular complexity index is 1330. The number of aryl methyl sites for hydroxylation is 2. The number of ether oxygens (including phenoxy) is 1. The van der Waals surface area contributed by atoms with E-state index >= 15 is 0 Å². The van der Waals surface area contributed by atoms with E-state index in [1.54, 1.807) is 13.0 Å². The molecule has 11 heteroatoms. The maximum atomic E-state index is 13.3. The molecule has 0 unspecified atom stereocenters. The van der Waals surface area contributed by atoms with Crippen LogP contribution in [0.1, 0.15) is 38.2 Å². The van der Waals surface area contributed by atoms with Crippen molar-refractivity contribution in [3.8, 4) is 17.1 Å². The molecule has 184 valence electrons. The third-order valence-corrected chi connectivity index (χ3v) is 7.07. The lowest BCUT2D eigenvalue weighted by atomic mass is 10.2. The molecule has 1 aromatic carbocycles. The molecule has 0 radical (unpaired) electrons. The van der Waals surface area contributed by atoms with Gasteiger partial charge < -0.3 is 14.8 Å². The van der Waals surface area contributed by atoms with Crippen LogP contribution >= 0.6 is 0 Å². The van der Waals surface area contributed by atoms with Gasteiger partial charge in [0.05, 0.1) is 29.4 Å². The van der Waals surface area contributed by atoms with E-state index in [1.165, 1.54) is 22.7 Å².